The number of aliphatic hydroxyl groups is 1. The van der Waals surface area contributed by atoms with Gasteiger partial charge in [0.05, 0.1) is 18.3 Å². The Balaban J connectivity index is 1.78. The maximum Gasteiger partial charge on any atom is 0.209 e. The van der Waals surface area contributed by atoms with Crippen LogP contribution in [-0.4, -0.2) is 59.2 Å². The fourth-order valence-corrected chi connectivity index (χ4v) is 3.02. The van der Waals surface area contributed by atoms with Gasteiger partial charge in [-0.15, -0.1) is 0 Å². The van der Waals surface area contributed by atoms with Crippen molar-refractivity contribution in [1.29, 1.82) is 0 Å². The third-order valence-electron chi connectivity index (χ3n) is 3.91. The zero-order chi connectivity index (χ0) is 15.0. The number of benzene rings is 1. The zero-order valence-electron chi connectivity index (χ0n) is 12.5. The van der Waals surface area contributed by atoms with Crippen LogP contribution < -0.4 is 5.73 Å². The highest BCUT2D eigenvalue weighted by atomic mass is 16.3. The first kappa shape index (κ1) is 14.3. The normalized spacial score (nSPS) is 23.4. The van der Waals surface area contributed by atoms with Gasteiger partial charge in [-0.25, -0.2) is 4.98 Å². The number of anilines is 1. The lowest BCUT2D eigenvalue weighted by Crippen LogP contribution is -2.37. The Bertz CT molecular complexity index is 625. The van der Waals surface area contributed by atoms with Gasteiger partial charge in [0.15, 0.2) is 5.58 Å². The molecule has 2 aromatic rings. The average molecular weight is 290 g/mol. The molecule has 0 amide bonds. The number of para-hydroxylation sites is 1. The molecule has 0 saturated carbocycles. The van der Waals surface area contributed by atoms with Gasteiger partial charge in [0.1, 0.15) is 5.52 Å². The number of nitrogens with zero attached hydrogens (tertiary/aromatic N) is 3. The number of nitrogen functional groups attached to an aromatic ring is 1. The fourth-order valence-electron chi connectivity index (χ4n) is 3.02. The second-order valence-corrected chi connectivity index (χ2v) is 6.04. The molecule has 1 saturated heterocycles. The molecule has 0 radical (unpaired) electrons. The summed E-state index contributed by atoms with van der Waals surface area (Å²) in [6.45, 7) is 2.18. The molecule has 2 heterocycles. The molecule has 2 unspecified atom stereocenters. The highest BCUT2D eigenvalue weighted by Crippen LogP contribution is 2.25. The monoisotopic (exact) mass is 290 g/mol. The smallest absolute Gasteiger partial charge is 0.209 e. The van der Waals surface area contributed by atoms with Gasteiger partial charge in [-0.05, 0) is 32.6 Å². The second-order valence-electron chi connectivity index (χ2n) is 6.04. The van der Waals surface area contributed by atoms with Crippen LogP contribution in [0.2, 0.25) is 0 Å². The van der Waals surface area contributed by atoms with E-state index >= 15 is 0 Å². The molecule has 1 aliphatic heterocycles. The topological polar surface area (TPSA) is 78.8 Å². The van der Waals surface area contributed by atoms with E-state index in [4.69, 9.17) is 10.2 Å². The summed E-state index contributed by atoms with van der Waals surface area (Å²) in [5.41, 5.74) is 7.98. The number of β-amino-alcohol motifs (C(OH)–C–C–N with tert-alkyl or cyclic N) is 1. The number of hydrogen-bond acceptors (Lipinski definition) is 6. The molecule has 3 rings (SSSR count). The average Bonchev–Trinajstić information content (AvgIpc) is 2.94. The fraction of sp³-hybridized carbons (Fsp3) is 0.533. The summed E-state index contributed by atoms with van der Waals surface area (Å²) < 4.78 is 5.77. The molecule has 1 fully saturated rings. The predicted octanol–water partition coefficient (Wildman–Crippen LogP) is 0.907. The van der Waals surface area contributed by atoms with Gasteiger partial charge in [0.2, 0.25) is 5.89 Å². The van der Waals surface area contributed by atoms with E-state index in [2.05, 4.69) is 14.8 Å². The summed E-state index contributed by atoms with van der Waals surface area (Å²) >= 11 is 0. The molecular formula is C15H22N4O2. The van der Waals surface area contributed by atoms with Gasteiger partial charge in [0.25, 0.3) is 0 Å². The lowest BCUT2D eigenvalue weighted by Gasteiger charge is -2.25. The summed E-state index contributed by atoms with van der Waals surface area (Å²) in [5.74, 6) is 0.653. The van der Waals surface area contributed by atoms with E-state index in [1.54, 1.807) is 0 Å². The van der Waals surface area contributed by atoms with Crippen LogP contribution in [0.4, 0.5) is 5.69 Å². The first-order chi connectivity index (χ1) is 10.0. The second kappa shape index (κ2) is 5.63. The molecule has 3 N–H and O–H groups in total. The minimum absolute atomic E-state index is 0.274. The molecule has 6 heteroatoms. The molecule has 1 aliphatic rings. The zero-order valence-corrected chi connectivity index (χ0v) is 12.5. The van der Waals surface area contributed by atoms with Crippen molar-refractivity contribution in [2.75, 3.05) is 32.9 Å². The number of oxazole rings is 1. The van der Waals surface area contributed by atoms with E-state index in [-0.39, 0.29) is 6.10 Å². The number of hydrogen-bond donors (Lipinski definition) is 2. The third kappa shape index (κ3) is 3.02. The van der Waals surface area contributed by atoms with Gasteiger partial charge in [-0.2, -0.15) is 0 Å². The van der Waals surface area contributed by atoms with E-state index in [9.17, 15) is 5.11 Å². The third-order valence-corrected chi connectivity index (χ3v) is 3.91. The highest BCUT2D eigenvalue weighted by Gasteiger charge is 2.32. The summed E-state index contributed by atoms with van der Waals surface area (Å²) in [6, 6.07) is 5.88. The van der Waals surface area contributed by atoms with Gasteiger partial charge in [0, 0.05) is 19.1 Å². The molecule has 1 aromatic carbocycles. The van der Waals surface area contributed by atoms with Crippen LogP contribution in [0.15, 0.2) is 22.6 Å². The largest absolute Gasteiger partial charge is 0.439 e. The van der Waals surface area contributed by atoms with Crippen molar-refractivity contribution in [3.63, 3.8) is 0 Å². The number of nitrogens with two attached hydrogens (primary N) is 1. The van der Waals surface area contributed by atoms with Crippen LogP contribution >= 0.6 is 0 Å². The Kier molecular flexibility index (Phi) is 3.84. The van der Waals surface area contributed by atoms with E-state index in [0.717, 1.165) is 18.5 Å². The highest BCUT2D eigenvalue weighted by molar-refractivity contribution is 5.85. The number of likely N-dealkylation sites (tertiary alicyclic amines) is 1. The summed E-state index contributed by atoms with van der Waals surface area (Å²) in [7, 11) is 4.09. The van der Waals surface area contributed by atoms with Gasteiger partial charge < -0.3 is 20.2 Å². The predicted molar refractivity (Wildman–Crippen MR) is 81.8 cm³/mol. The Labute approximate surface area is 124 Å². The van der Waals surface area contributed by atoms with Gasteiger partial charge >= 0.3 is 0 Å². The molecule has 114 valence electrons. The van der Waals surface area contributed by atoms with E-state index in [1.165, 1.54) is 0 Å². The van der Waals surface area contributed by atoms with Crippen molar-refractivity contribution in [2.24, 2.45) is 0 Å². The van der Waals surface area contributed by atoms with Gasteiger partial charge in [-0.3, -0.25) is 4.90 Å². The molecule has 21 heavy (non-hydrogen) atoms. The Morgan fingerprint density at radius 1 is 1.48 bits per heavy atom. The molecule has 0 aliphatic carbocycles. The summed E-state index contributed by atoms with van der Waals surface area (Å²) in [6.07, 6.45) is 0.519. The van der Waals surface area contributed by atoms with Crippen molar-refractivity contribution in [3.05, 3.63) is 24.1 Å². The first-order valence-electron chi connectivity index (χ1n) is 7.23. The van der Waals surface area contributed by atoms with Crippen LogP contribution in [0.25, 0.3) is 11.1 Å². The number of aliphatic hydroxyl groups excluding tert-OH is 1. The Morgan fingerprint density at radius 2 is 2.29 bits per heavy atom. The van der Waals surface area contributed by atoms with E-state index in [0.29, 0.717) is 36.3 Å². The maximum absolute atomic E-state index is 9.91. The number of likely N-dealkylation sites (N-methyl/N-ethyl adjacent to an activating group) is 1. The quantitative estimate of drug-likeness (QED) is 0.815. The van der Waals surface area contributed by atoms with Crippen LogP contribution in [0.3, 0.4) is 0 Å². The summed E-state index contributed by atoms with van der Waals surface area (Å²) in [4.78, 5) is 8.85. The molecule has 2 atom stereocenters. The van der Waals surface area contributed by atoms with Crippen molar-refractivity contribution in [1.82, 2.24) is 14.8 Å². The molecule has 6 nitrogen and oxygen atoms in total. The van der Waals surface area contributed by atoms with Crippen molar-refractivity contribution >= 4 is 16.8 Å². The van der Waals surface area contributed by atoms with E-state index < -0.39 is 0 Å². The lowest BCUT2D eigenvalue weighted by molar-refractivity contribution is 0.162. The minimum atomic E-state index is -0.274. The van der Waals surface area contributed by atoms with Crippen LogP contribution in [0.5, 0.6) is 0 Å². The number of fused-ring (bicyclic) bond motifs is 1. The van der Waals surface area contributed by atoms with Crippen LogP contribution in [0, 0.1) is 0 Å². The van der Waals surface area contributed by atoms with E-state index in [1.807, 2.05) is 32.3 Å². The molecular weight excluding hydrogens is 268 g/mol. The minimum Gasteiger partial charge on any atom is -0.439 e. The first-order valence-corrected chi connectivity index (χ1v) is 7.23. The SMILES string of the molecule is CN(C)CC1CC(O)CN1Cc1nc2c(N)cccc2o1. The lowest BCUT2D eigenvalue weighted by atomic mass is 10.2. The number of aromatic nitrogens is 1. The van der Waals surface area contributed by atoms with Crippen molar-refractivity contribution in [3.8, 4) is 0 Å². The number of rotatable bonds is 4. The summed E-state index contributed by atoms with van der Waals surface area (Å²) in [5, 5.41) is 9.91. The van der Waals surface area contributed by atoms with Crippen molar-refractivity contribution < 1.29 is 9.52 Å². The molecule has 0 spiro atoms. The Hall–Kier alpha value is -1.63. The van der Waals surface area contributed by atoms with Crippen LogP contribution in [-0.2, 0) is 6.54 Å². The molecule has 1 aromatic heterocycles. The van der Waals surface area contributed by atoms with Crippen molar-refractivity contribution in [2.45, 2.75) is 25.1 Å². The maximum atomic E-state index is 9.91. The standard InChI is InChI=1S/C15H22N4O2/c1-18(2)7-10-6-11(20)8-19(10)9-14-17-15-12(16)4-3-5-13(15)21-14/h3-5,10-11,20H,6-9,16H2,1-2H3. The molecule has 0 bridgehead atoms. The van der Waals surface area contributed by atoms with Crippen LogP contribution in [0.1, 0.15) is 12.3 Å². The Morgan fingerprint density at radius 3 is 3.00 bits per heavy atom. The van der Waals surface area contributed by atoms with Gasteiger partial charge in [-0.1, -0.05) is 6.07 Å².